The van der Waals surface area contributed by atoms with E-state index >= 15 is 0 Å². The maximum absolute atomic E-state index is 11.4. The molecule has 0 bridgehead atoms. The Balaban J connectivity index is 1.97. The molecule has 0 atom stereocenters. The van der Waals surface area contributed by atoms with Crippen molar-refractivity contribution in [3.8, 4) is 0 Å². The van der Waals surface area contributed by atoms with Gasteiger partial charge in [-0.05, 0) is 30.3 Å². The van der Waals surface area contributed by atoms with Crippen LogP contribution in [-0.4, -0.2) is 22.9 Å². The molecular weight excluding hydrogens is 382 g/mol. The lowest BCUT2D eigenvalue weighted by atomic mass is 10.1. The molecule has 1 aromatic heterocycles. The molecule has 0 aliphatic heterocycles. The van der Waals surface area contributed by atoms with Gasteiger partial charge in [-0.15, -0.1) is 0 Å². The largest absolute Gasteiger partial charge is 0.354 e. The van der Waals surface area contributed by atoms with Gasteiger partial charge in [0.15, 0.2) is 0 Å². The first-order valence-corrected chi connectivity index (χ1v) is 9.58. The van der Waals surface area contributed by atoms with Crippen LogP contribution in [-0.2, 0) is 10.1 Å². The molecule has 4 aromatic rings. The number of hydrogen-bond acceptors (Lipinski definition) is 6. The number of nitrogens with zero attached hydrogens (tertiary/aromatic N) is 2. The van der Waals surface area contributed by atoms with Gasteiger partial charge >= 0.3 is 0 Å². The van der Waals surface area contributed by atoms with Crippen molar-refractivity contribution >= 4 is 49.0 Å². The first-order valence-electron chi connectivity index (χ1n) is 8.14. The van der Waals surface area contributed by atoms with Crippen molar-refractivity contribution in [2.75, 3.05) is 5.32 Å². The molecule has 0 fully saturated rings. The number of non-ortho nitro benzene ring substituents is 1. The first kappa shape index (κ1) is 17.8. The van der Waals surface area contributed by atoms with Crippen molar-refractivity contribution in [1.29, 1.82) is 0 Å². The Bertz CT molecular complexity index is 1350. The van der Waals surface area contributed by atoms with Crippen molar-refractivity contribution in [1.82, 2.24) is 4.98 Å². The fourth-order valence-electron chi connectivity index (χ4n) is 3.01. The zero-order chi connectivity index (χ0) is 19.9. The third kappa shape index (κ3) is 3.24. The highest BCUT2D eigenvalue weighted by atomic mass is 32.2. The molecule has 0 aliphatic rings. The monoisotopic (exact) mass is 395 g/mol. The molecule has 9 heteroatoms. The average Bonchev–Trinajstić information content (AvgIpc) is 2.67. The number of nitro benzene ring substituents is 1. The highest BCUT2D eigenvalue weighted by molar-refractivity contribution is 7.85. The minimum Gasteiger partial charge on any atom is -0.354 e. The van der Waals surface area contributed by atoms with E-state index in [2.05, 4.69) is 10.3 Å². The molecule has 0 radical (unpaired) electrons. The molecule has 140 valence electrons. The van der Waals surface area contributed by atoms with Gasteiger partial charge in [-0.1, -0.05) is 24.3 Å². The number of fused-ring (bicyclic) bond motifs is 2. The summed E-state index contributed by atoms with van der Waals surface area (Å²) in [7, 11) is -4.36. The van der Waals surface area contributed by atoms with E-state index in [1.54, 1.807) is 12.1 Å². The summed E-state index contributed by atoms with van der Waals surface area (Å²) >= 11 is 0. The van der Waals surface area contributed by atoms with E-state index in [0.29, 0.717) is 33.2 Å². The molecule has 3 aromatic carbocycles. The fraction of sp³-hybridized carbons (Fsp3) is 0. The molecule has 0 amide bonds. The summed E-state index contributed by atoms with van der Waals surface area (Å²) in [5, 5.41) is 15.6. The Morgan fingerprint density at radius 1 is 0.929 bits per heavy atom. The summed E-state index contributed by atoms with van der Waals surface area (Å²) in [5.74, 6) is 0. The van der Waals surface area contributed by atoms with Crippen molar-refractivity contribution in [3.63, 3.8) is 0 Å². The molecule has 0 spiro atoms. The number of nitro groups is 1. The van der Waals surface area contributed by atoms with Gasteiger partial charge in [0.05, 0.1) is 26.5 Å². The Morgan fingerprint density at radius 2 is 1.68 bits per heavy atom. The van der Waals surface area contributed by atoms with E-state index in [-0.39, 0.29) is 10.6 Å². The number of nitrogens with one attached hydrogen (secondary N) is 1. The standard InChI is InChI=1S/C19H13N3O5S/c23-22(24)13-8-9-18-16(11-13)19(15-6-1-2-7-17(15)21-18)20-12-4-3-5-14(10-12)28(25,26)27/h1-11H,(H,20,21)(H,25,26,27). The van der Waals surface area contributed by atoms with Crippen LogP contribution in [0.2, 0.25) is 0 Å². The van der Waals surface area contributed by atoms with E-state index in [1.165, 1.54) is 30.3 Å². The number of rotatable bonds is 4. The van der Waals surface area contributed by atoms with Gasteiger partial charge in [0, 0.05) is 28.6 Å². The highest BCUT2D eigenvalue weighted by Crippen LogP contribution is 2.35. The van der Waals surface area contributed by atoms with Gasteiger partial charge < -0.3 is 5.32 Å². The van der Waals surface area contributed by atoms with Crippen LogP contribution in [0.5, 0.6) is 0 Å². The number of para-hydroxylation sites is 1. The molecule has 2 N–H and O–H groups in total. The second kappa shape index (κ2) is 6.55. The average molecular weight is 395 g/mol. The number of pyridine rings is 1. The predicted molar refractivity (Wildman–Crippen MR) is 105 cm³/mol. The number of benzene rings is 3. The van der Waals surface area contributed by atoms with Gasteiger partial charge in [-0.2, -0.15) is 8.42 Å². The fourth-order valence-corrected chi connectivity index (χ4v) is 3.53. The van der Waals surface area contributed by atoms with Crippen LogP contribution in [0.1, 0.15) is 0 Å². The highest BCUT2D eigenvalue weighted by Gasteiger charge is 2.15. The van der Waals surface area contributed by atoms with Gasteiger partial charge in [0.1, 0.15) is 0 Å². The minimum atomic E-state index is -4.36. The maximum atomic E-state index is 11.4. The molecule has 4 rings (SSSR count). The SMILES string of the molecule is O=[N+]([O-])c1ccc2nc3ccccc3c(Nc3cccc(S(=O)(=O)O)c3)c2c1. The number of anilines is 2. The van der Waals surface area contributed by atoms with Gasteiger partial charge in [0.25, 0.3) is 15.8 Å². The summed E-state index contributed by atoms with van der Waals surface area (Å²) < 4.78 is 32.1. The predicted octanol–water partition coefficient (Wildman–Crippen LogP) is 4.29. The molecule has 28 heavy (non-hydrogen) atoms. The van der Waals surface area contributed by atoms with Crippen LogP contribution >= 0.6 is 0 Å². The smallest absolute Gasteiger partial charge is 0.294 e. The lowest BCUT2D eigenvalue weighted by Gasteiger charge is -2.13. The van der Waals surface area contributed by atoms with Crippen LogP contribution in [0.15, 0.2) is 71.6 Å². The Morgan fingerprint density at radius 3 is 2.43 bits per heavy atom. The molecule has 8 nitrogen and oxygen atoms in total. The Labute approximate surface area is 159 Å². The van der Waals surface area contributed by atoms with Crippen molar-refractivity contribution in [2.24, 2.45) is 0 Å². The first-order chi connectivity index (χ1) is 13.3. The molecular formula is C19H13N3O5S. The van der Waals surface area contributed by atoms with E-state index in [1.807, 2.05) is 24.3 Å². The van der Waals surface area contributed by atoms with Gasteiger partial charge in [0.2, 0.25) is 0 Å². The van der Waals surface area contributed by atoms with E-state index in [0.717, 1.165) is 0 Å². The summed E-state index contributed by atoms with van der Waals surface area (Å²) in [4.78, 5) is 15.0. The molecule has 0 saturated heterocycles. The van der Waals surface area contributed by atoms with Crippen LogP contribution in [0.4, 0.5) is 17.1 Å². The van der Waals surface area contributed by atoms with Crippen LogP contribution in [0, 0.1) is 10.1 Å². The number of hydrogen-bond donors (Lipinski definition) is 2. The van der Waals surface area contributed by atoms with Crippen molar-refractivity contribution in [2.45, 2.75) is 4.90 Å². The topological polar surface area (TPSA) is 122 Å². The third-order valence-electron chi connectivity index (χ3n) is 4.28. The van der Waals surface area contributed by atoms with Crippen molar-refractivity contribution in [3.05, 3.63) is 76.8 Å². The lowest BCUT2D eigenvalue weighted by Crippen LogP contribution is -2.00. The second-order valence-electron chi connectivity index (χ2n) is 6.09. The van der Waals surface area contributed by atoms with Crippen molar-refractivity contribution < 1.29 is 17.9 Å². The molecule has 0 saturated carbocycles. The van der Waals surface area contributed by atoms with E-state index in [9.17, 15) is 23.1 Å². The summed E-state index contributed by atoms with van der Waals surface area (Å²) in [5.41, 5.74) is 2.10. The van der Waals surface area contributed by atoms with Gasteiger partial charge in [-0.3, -0.25) is 14.7 Å². The Kier molecular flexibility index (Phi) is 4.17. The van der Waals surface area contributed by atoms with E-state index in [4.69, 9.17) is 0 Å². The minimum absolute atomic E-state index is 0.0840. The summed E-state index contributed by atoms with van der Waals surface area (Å²) in [6.07, 6.45) is 0. The summed E-state index contributed by atoms with van der Waals surface area (Å²) in [6.45, 7) is 0. The third-order valence-corrected chi connectivity index (χ3v) is 5.13. The maximum Gasteiger partial charge on any atom is 0.294 e. The zero-order valence-corrected chi connectivity index (χ0v) is 15.1. The molecule has 0 unspecified atom stereocenters. The quantitative estimate of drug-likeness (QED) is 0.229. The second-order valence-corrected chi connectivity index (χ2v) is 7.51. The normalized spacial score (nSPS) is 11.6. The zero-order valence-electron chi connectivity index (χ0n) is 14.2. The van der Waals surface area contributed by atoms with E-state index < -0.39 is 15.0 Å². The molecule has 1 heterocycles. The van der Waals surface area contributed by atoms with Crippen LogP contribution in [0.25, 0.3) is 21.8 Å². The van der Waals surface area contributed by atoms with Crippen LogP contribution in [0.3, 0.4) is 0 Å². The lowest BCUT2D eigenvalue weighted by molar-refractivity contribution is -0.384. The van der Waals surface area contributed by atoms with Gasteiger partial charge in [-0.25, -0.2) is 4.98 Å². The van der Waals surface area contributed by atoms with Crippen LogP contribution < -0.4 is 5.32 Å². The Hall–Kier alpha value is -3.56. The molecule has 0 aliphatic carbocycles. The number of aromatic nitrogens is 1. The summed E-state index contributed by atoms with van der Waals surface area (Å²) in [6, 6.07) is 17.3.